The highest BCUT2D eigenvalue weighted by Gasteiger charge is 2.25. The van der Waals surface area contributed by atoms with Crippen LogP contribution in [0.1, 0.15) is 57.2 Å². The number of rotatable bonds is 7. The predicted molar refractivity (Wildman–Crippen MR) is 71.0 cm³/mol. The van der Waals surface area contributed by atoms with Gasteiger partial charge < -0.3 is 10.1 Å². The molecule has 0 fully saturated rings. The normalized spacial score (nSPS) is 13.6. The van der Waals surface area contributed by atoms with Gasteiger partial charge in [0.25, 0.3) is 5.82 Å². The quantitative estimate of drug-likeness (QED) is 0.740. The summed E-state index contributed by atoms with van der Waals surface area (Å²) in [6.45, 7) is 7.52. The third-order valence-corrected chi connectivity index (χ3v) is 2.81. The number of nitrogens with zero attached hydrogens (tertiary/aromatic N) is 4. The minimum absolute atomic E-state index is 0.0671. The van der Waals surface area contributed by atoms with E-state index in [2.05, 4.69) is 20.8 Å². The van der Waals surface area contributed by atoms with Crippen molar-refractivity contribution in [3.8, 4) is 0 Å². The van der Waals surface area contributed by atoms with E-state index >= 15 is 0 Å². The number of carbonyl (C=O) groups excluding carboxylic acids is 2. The second-order valence-electron chi connectivity index (χ2n) is 4.54. The Labute approximate surface area is 117 Å². The molecule has 1 N–H and O–H groups in total. The van der Waals surface area contributed by atoms with Crippen molar-refractivity contribution in [2.24, 2.45) is 0 Å². The number of aromatic nitrogens is 4. The highest BCUT2D eigenvalue weighted by Crippen LogP contribution is 2.08. The third-order valence-electron chi connectivity index (χ3n) is 2.81. The van der Waals surface area contributed by atoms with E-state index in [1.54, 1.807) is 13.8 Å². The van der Waals surface area contributed by atoms with E-state index in [4.69, 9.17) is 4.74 Å². The van der Waals surface area contributed by atoms with Crippen LogP contribution in [-0.2, 0) is 9.53 Å². The van der Waals surface area contributed by atoms with Crippen molar-refractivity contribution in [1.82, 2.24) is 25.5 Å². The lowest BCUT2D eigenvalue weighted by Crippen LogP contribution is -2.38. The molecule has 112 valence electrons. The van der Waals surface area contributed by atoms with Crippen molar-refractivity contribution < 1.29 is 14.3 Å². The lowest BCUT2D eigenvalue weighted by atomic mass is 10.2. The molecule has 1 aromatic heterocycles. The number of amides is 1. The van der Waals surface area contributed by atoms with E-state index in [-0.39, 0.29) is 24.4 Å². The van der Waals surface area contributed by atoms with Crippen LogP contribution in [0.25, 0.3) is 0 Å². The van der Waals surface area contributed by atoms with Gasteiger partial charge in [-0.15, -0.1) is 5.10 Å². The molecule has 8 heteroatoms. The highest BCUT2D eigenvalue weighted by atomic mass is 16.5. The van der Waals surface area contributed by atoms with Crippen molar-refractivity contribution in [1.29, 1.82) is 0 Å². The molecule has 1 amide bonds. The van der Waals surface area contributed by atoms with Gasteiger partial charge in [0.05, 0.1) is 6.61 Å². The maximum absolute atomic E-state index is 12.1. The number of hydrogen-bond donors (Lipinski definition) is 1. The van der Waals surface area contributed by atoms with E-state index in [0.29, 0.717) is 0 Å². The zero-order chi connectivity index (χ0) is 15.1. The molecule has 8 nitrogen and oxygen atoms in total. The molecule has 0 aromatic carbocycles. The fourth-order valence-corrected chi connectivity index (χ4v) is 1.76. The summed E-state index contributed by atoms with van der Waals surface area (Å²) < 4.78 is 6.02. The fourth-order valence-electron chi connectivity index (χ4n) is 1.76. The van der Waals surface area contributed by atoms with Gasteiger partial charge in [0, 0.05) is 6.04 Å². The van der Waals surface area contributed by atoms with Crippen LogP contribution in [0.3, 0.4) is 0 Å². The molecular weight excluding hydrogens is 262 g/mol. The minimum atomic E-state index is -0.677. The summed E-state index contributed by atoms with van der Waals surface area (Å²) in [6, 6.07) is -0.610. The number of ether oxygens (including phenoxy) is 1. The van der Waals surface area contributed by atoms with Gasteiger partial charge in [0.15, 0.2) is 0 Å². The lowest BCUT2D eigenvalue weighted by Gasteiger charge is -2.17. The summed E-state index contributed by atoms with van der Waals surface area (Å²) in [7, 11) is 0. The van der Waals surface area contributed by atoms with E-state index in [1.807, 2.05) is 13.8 Å². The molecule has 0 radical (unpaired) electrons. The average molecular weight is 283 g/mol. The Hall–Kier alpha value is -1.99. The molecule has 20 heavy (non-hydrogen) atoms. The highest BCUT2D eigenvalue weighted by molar-refractivity contribution is 5.87. The van der Waals surface area contributed by atoms with Gasteiger partial charge in [-0.05, 0) is 37.6 Å². The first-order chi connectivity index (χ1) is 9.51. The van der Waals surface area contributed by atoms with Gasteiger partial charge >= 0.3 is 5.97 Å². The summed E-state index contributed by atoms with van der Waals surface area (Å²) in [5, 5.41) is 13.6. The maximum atomic E-state index is 12.1. The molecule has 0 bridgehead atoms. The van der Waals surface area contributed by atoms with Crippen molar-refractivity contribution >= 4 is 11.9 Å². The molecule has 0 aliphatic rings. The van der Waals surface area contributed by atoms with Crippen LogP contribution in [0.5, 0.6) is 0 Å². The number of carbonyl (C=O) groups is 2. The summed E-state index contributed by atoms with van der Waals surface area (Å²) in [5.41, 5.74) is 0. The monoisotopic (exact) mass is 283 g/mol. The Morgan fingerprint density at radius 3 is 2.65 bits per heavy atom. The Kier molecular flexibility index (Phi) is 6.08. The first-order valence-corrected chi connectivity index (χ1v) is 6.76. The van der Waals surface area contributed by atoms with Crippen LogP contribution < -0.4 is 5.32 Å². The predicted octanol–water partition coefficient (Wildman–Crippen LogP) is 0.716. The van der Waals surface area contributed by atoms with E-state index in [0.717, 1.165) is 12.8 Å². The van der Waals surface area contributed by atoms with Crippen molar-refractivity contribution in [2.75, 3.05) is 6.61 Å². The number of nitrogens with one attached hydrogen (secondary N) is 1. The van der Waals surface area contributed by atoms with Gasteiger partial charge in [0.2, 0.25) is 5.91 Å². The van der Waals surface area contributed by atoms with E-state index in [1.165, 1.54) is 4.68 Å². The lowest BCUT2D eigenvalue weighted by molar-refractivity contribution is -0.124. The van der Waals surface area contributed by atoms with Crippen LogP contribution in [-0.4, -0.2) is 44.7 Å². The Bertz CT molecular complexity index is 460. The second-order valence-corrected chi connectivity index (χ2v) is 4.54. The molecule has 0 spiro atoms. The van der Waals surface area contributed by atoms with Crippen LogP contribution in [0.15, 0.2) is 0 Å². The molecule has 2 atom stereocenters. The molecule has 1 aromatic rings. The summed E-state index contributed by atoms with van der Waals surface area (Å²) in [5.74, 6) is -0.944. The summed E-state index contributed by atoms with van der Waals surface area (Å²) in [4.78, 5) is 23.7. The van der Waals surface area contributed by atoms with E-state index < -0.39 is 12.0 Å². The Balaban J connectivity index is 2.77. The number of hydrogen-bond acceptors (Lipinski definition) is 6. The standard InChI is InChI=1S/C12H21N5O3/c1-5-7-8(3)13-11(18)9(4)17-10(14-15-16-17)12(19)20-6-2/h8-9H,5-7H2,1-4H3,(H,13,18). The molecular formula is C12H21N5O3. The van der Waals surface area contributed by atoms with Crippen LogP contribution >= 0.6 is 0 Å². The molecule has 0 aliphatic heterocycles. The number of esters is 1. The zero-order valence-corrected chi connectivity index (χ0v) is 12.3. The molecule has 2 unspecified atom stereocenters. The van der Waals surface area contributed by atoms with Crippen LogP contribution in [0.4, 0.5) is 0 Å². The second kappa shape index (κ2) is 7.56. The maximum Gasteiger partial charge on any atom is 0.378 e. The molecule has 0 saturated heterocycles. The van der Waals surface area contributed by atoms with Crippen molar-refractivity contribution in [3.63, 3.8) is 0 Å². The smallest absolute Gasteiger partial charge is 0.378 e. The molecule has 0 aliphatic carbocycles. The van der Waals surface area contributed by atoms with Gasteiger partial charge in [-0.25, -0.2) is 9.48 Å². The van der Waals surface area contributed by atoms with Crippen molar-refractivity contribution in [2.45, 2.75) is 52.6 Å². The third kappa shape index (κ3) is 4.01. The fraction of sp³-hybridized carbons (Fsp3) is 0.750. The molecule has 1 rings (SSSR count). The van der Waals surface area contributed by atoms with Gasteiger partial charge in [-0.3, -0.25) is 4.79 Å². The van der Waals surface area contributed by atoms with Gasteiger partial charge in [-0.1, -0.05) is 13.3 Å². The minimum Gasteiger partial charge on any atom is -0.460 e. The SMILES string of the molecule is CCCC(C)NC(=O)C(C)n1nnnc1C(=O)OCC. The van der Waals surface area contributed by atoms with Crippen molar-refractivity contribution in [3.05, 3.63) is 5.82 Å². The Morgan fingerprint density at radius 2 is 2.05 bits per heavy atom. The largest absolute Gasteiger partial charge is 0.460 e. The first kappa shape index (κ1) is 16.1. The molecule has 1 heterocycles. The topological polar surface area (TPSA) is 99.0 Å². The van der Waals surface area contributed by atoms with E-state index in [9.17, 15) is 9.59 Å². The van der Waals surface area contributed by atoms with Gasteiger partial charge in [-0.2, -0.15) is 0 Å². The van der Waals surface area contributed by atoms with Crippen LogP contribution in [0.2, 0.25) is 0 Å². The summed E-state index contributed by atoms with van der Waals surface area (Å²) >= 11 is 0. The first-order valence-electron chi connectivity index (χ1n) is 6.76. The summed E-state index contributed by atoms with van der Waals surface area (Å²) in [6.07, 6.45) is 1.87. The van der Waals surface area contributed by atoms with Gasteiger partial charge in [0.1, 0.15) is 6.04 Å². The molecule has 0 saturated carbocycles. The average Bonchev–Trinajstić information content (AvgIpc) is 2.87. The Morgan fingerprint density at radius 1 is 1.35 bits per heavy atom. The zero-order valence-electron chi connectivity index (χ0n) is 12.3. The van der Waals surface area contributed by atoms with Crippen LogP contribution in [0, 0.1) is 0 Å². The number of tetrazole rings is 1.